The number of imide groups is 1. The first-order chi connectivity index (χ1) is 14.1. The lowest BCUT2D eigenvalue weighted by molar-refractivity contribution is -0.933. The van der Waals surface area contributed by atoms with Gasteiger partial charge in [0.25, 0.3) is 5.89 Å². The number of hydrogen-bond donors (Lipinski definition) is 1. The molecule has 1 aromatic carbocycles. The molecule has 0 bridgehead atoms. The Kier molecular flexibility index (Phi) is 4.72. The van der Waals surface area contributed by atoms with Crippen molar-refractivity contribution in [1.29, 1.82) is 0 Å². The van der Waals surface area contributed by atoms with Crippen LogP contribution in [0.1, 0.15) is 31.6 Å². The van der Waals surface area contributed by atoms with Crippen LogP contribution in [0.5, 0.6) is 0 Å². The summed E-state index contributed by atoms with van der Waals surface area (Å²) in [6.45, 7) is 0.865. The maximum atomic E-state index is 12.8. The molecule has 3 aliphatic rings. The van der Waals surface area contributed by atoms with Crippen LogP contribution in [0.25, 0.3) is 11.5 Å². The van der Waals surface area contributed by atoms with Gasteiger partial charge in [-0.25, -0.2) is 4.90 Å². The normalized spacial score (nSPS) is 24.8. The number of fused-ring (bicyclic) bond motifs is 1. The van der Waals surface area contributed by atoms with E-state index in [1.165, 1.54) is 4.90 Å². The highest BCUT2D eigenvalue weighted by molar-refractivity contribution is 6.30. The van der Waals surface area contributed by atoms with Gasteiger partial charge in [0.15, 0.2) is 13.2 Å². The lowest BCUT2D eigenvalue weighted by Crippen LogP contribution is -3.13. The second-order valence-corrected chi connectivity index (χ2v) is 8.47. The molecule has 7 nitrogen and oxygen atoms in total. The average molecular weight is 414 g/mol. The van der Waals surface area contributed by atoms with Gasteiger partial charge in [0.1, 0.15) is 0 Å². The molecule has 5 rings (SSSR count). The number of likely N-dealkylation sites (tertiary alicyclic amines) is 1. The van der Waals surface area contributed by atoms with Crippen LogP contribution in [-0.4, -0.2) is 39.6 Å². The fraction of sp³-hybridized carbons (Fsp3) is 0.429. The van der Waals surface area contributed by atoms with Gasteiger partial charge < -0.3 is 9.32 Å². The van der Waals surface area contributed by atoms with Crippen LogP contribution in [0, 0.1) is 11.8 Å². The Morgan fingerprint density at radius 2 is 1.69 bits per heavy atom. The molecule has 1 aromatic heterocycles. The molecule has 2 heterocycles. The number of benzene rings is 1. The fourth-order valence-corrected chi connectivity index (χ4v) is 4.40. The van der Waals surface area contributed by atoms with Crippen LogP contribution >= 0.6 is 11.6 Å². The van der Waals surface area contributed by atoms with E-state index in [0.29, 0.717) is 48.9 Å². The number of quaternary nitrogens is 1. The van der Waals surface area contributed by atoms with Crippen molar-refractivity contribution >= 4 is 23.4 Å². The Hall–Kier alpha value is -2.51. The number of nitrogens with one attached hydrogen (secondary N) is 1. The largest absolute Gasteiger partial charge is 0.415 e. The first kappa shape index (κ1) is 18.5. The topological polar surface area (TPSA) is 80.7 Å². The summed E-state index contributed by atoms with van der Waals surface area (Å²) in [6, 6.07) is 7.65. The number of carbonyl (C=O) groups is 2. The fourth-order valence-electron chi connectivity index (χ4n) is 4.28. The van der Waals surface area contributed by atoms with E-state index in [0.717, 1.165) is 23.3 Å². The van der Waals surface area contributed by atoms with Crippen molar-refractivity contribution in [1.82, 2.24) is 15.1 Å². The first-order valence-electron chi connectivity index (χ1n) is 10.0. The van der Waals surface area contributed by atoms with E-state index in [4.69, 9.17) is 16.0 Å². The third-order valence-corrected chi connectivity index (χ3v) is 6.30. The molecule has 8 heteroatoms. The Morgan fingerprint density at radius 1 is 1.03 bits per heavy atom. The van der Waals surface area contributed by atoms with E-state index in [2.05, 4.69) is 10.2 Å². The molecule has 29 heavy (non-hydrogen) atoms. The van der Waals surface area contributed by atoms with Gasteiger partial charge in [-0.05, 0) is 37.1 Å². The maximum Gasteiger partial charge on any atom is 0.271 e. The molecule has 0 radical (unpaired) electrons. The number of carbonyl (C=O) groups excluding carboxylic acids is 2. The Bertz CT molecular complexity index is 941. The Balaban J connectivity index is 1.30. The molecule has 1 N–H and O–H groups in total. The number of allylic oxidation sites excluding steroid dienone is 2. The zero-order valence-electron chi connectivity index (χ0n) is 15.9. The minimum absolute atomic E-state index is 0.0325. The van der Waals surface area contributed by atoms with Crippen molar-refractivity contribution in [3.8, 4) is 11.5 Å². The molecule has 1 unspecified atom stereocenters. The summed E-state index contributed by atoms with van der Waals surface area (Å²) in [5.74, 6) is 0.512. The number of nitrogens with zero attached hydrogens (tertiary/aromatic N) is 3. The summed E-state index contributed by atoms with van der Waals surface area (Å²) >= 11 is 5.93. The second-order valence-electron chi connectivity index (χ2n) is 8.04. The molecule has 2 fully saturated rings. The minimum atomic E-state index is -0.187. The van der Waals surface area contributed by atoms with Crippen molar-refractivity contribution < 1.29 is 18.9 Å². The van der Waals surface area contributed by atoms with Crippen molar-refractivity contribution in [2.45, 2.75) is 38.3 Å². The van der Waals surface area contributed by atoms with Crippen LogP contribution < -0.4 is 4.90 Å². The molecule has 2 aromatic rings. The number of rotatable bonds is 6. The SMILES string of the molecule is O=C1[C@H]2CC=CC[C@H]2C(=O)N1C[NH+](Cc1nnc(-c2ccc(Cl)cc2)o1)C1CC1. The summed E-state index contributed by atoms with van der Waals surface area (Å²) < 4.78 is 5.85. The molecule has 1 saturated heterocycles. The van der Waals surface area contributed by atoms with Crippen LogP contribution in [0.4, 0.5) is 0 Å². The monoisotopic (exact) mass is 413 g/mol. The lowest BCUT2D eigenvalue weighted by atomic mass is 9.85. The van der Waals surface area contributed by atoms with E-state index in [1.807, 2.05) is 24.3 Å². The van der Waals surface area contributed by atoms with Gasteiger partial charge >= 0.3 is 0 Å². The highest BCUT2D eigenvalue weighted by Gasteiger charge is 2.49. The summed E-state index contributed by atoms with van der Waals surface area (Å²) in [4.78, 5) is 28.2. The van der Waals surface area contributed by atoms with E-state index < -0.39 is 0 Å². The third kappa shape index (κ3) is 3.60. The quantitative estimate of drug-likeness (QED) is 0.577. The molecule has 1 saturated carbocycles. The predicted molar refractivity (Wildman–Crippen MR) is 105 cm³/mol. The zero-order valence-corrected chi connectivity index (χ0v) is 16.6. The molecular weight excluding hydrogens is 392 g/mol. The van der Waals surface area contributed by atoms with Crippen LogP contribution in [0.15, 0.2) is 40.8 Å². The smallest absolute Gasteiger partial charge is 0.271 e. The molecule has 150 valence electrons. The first-order valence-corrected chi connectivity index (χ1v) is 10.4. The molecule has 1 aliphatic heterocycles. The van der Waals surface area contributed by atoms with Gasteiger partial charge in [0.05, 0.1) is 17.9 Å². The number of hydrogen-bond acceptors (Lipinski definition) is 5. The van der Waals surface area contributed by atoms with Gasteiger partial charge in [-0.3, -0.25) is 9.59 Å². The molecule has 3 atom stereocenters. The third-order valence-electron chi connectivity index (χ3n) is 6.05. The number of amides is 2. The highest BCUT2D eigenvalue weighted by Crippen LogP contribution is 2.34. The van der Waals surface area contributed by atoms with E-state index in [-0.39, 0.29) is 23.7 Å². The van der Waals surface area contributed by atoms with Gasteiger partial charge in [0, 0.05) is 23.4 Å². The van der Waals surface area contributed by atoms with Gasteiger partial charge in [-0.1, -0.05) is 23.8 Å². The average Bonchev–Trinajstić information content (AvgIpc) is 3.44. The predicted octanol–water partition coefficient (Wildman–Crippen LogP) is 1.85. The summed E-state index contributed by atoms with van der Waals surface area (Å²) in [7, 11) is 0. The van der Waals surface area contributed by atoms with E-state index in [1.54, 1.807) is 12.1 Å². The molecule has 0 spiro atoms. The van der Waals surface area contributed by atoms with Crippen LogP contribution in [-0.2, 0) is 16.1 Å². The molecule has 2 amide bonds. The van der Waals surface area contributed by atoms with Crippen molar-refractivity contribution in [2.24, 2.45) is 11.8 Å². The Labute approximate surface area is 173 Å². The number of halogens is 1. The minimum Gasteiger partial charge on any atom is -0.415 e. The van der Waals surface area contributed by atoms with E-state index in [9.17, 15) is 9.59 Å². The summed E-state index contributed by atoms with van der Waals surface area (Å²) in [5, 5.41) is 8.97. The lowest BCUT2D eigenvalue weighted by Gasteiger charge is -2.23. The van der Waals surface area contributed by atoms with Crippen molar-refractivity contribution in [2.75, 3.05) is 6.67 Å². The van der Waals surface area contributed by atoms with Crippen LogP contribution in [0.3, 0.4) is 0 Å². The second kappa shape index (κ2) is 7.39. The maximum absolute atomic E-state index is 12.8. The van der Waals surface area contributed by atoms with Crippen LogP contribution in [0.2, 0.25) is 5.02 Å². The summed E-state index contributed by atoms with van der Waals surface area (Å²) in [5.41, 5.74) is 0.808. The van der Waals surface area contributed by atoms with Gasteiger partial charge in [-0.2, -0.15) is 0 Å². The summed E-state index contributed by atoms with van der Waals surface area (Å²) in [6.07, 6.45) is 7.52. The zero-order chi connectivity index (χ0) is 20.0. The molecule has 2 aliphatic carbocycles. The highest BCUT2D eigenvalue weighted by atomic mass is 35.5. The van der Waals surface area contributed by atoms with E-state index >= 15 is 0 Å². The molecular formula is C21H22ClN4O3+. The standard InChI is InChI=1S/C21H21ClN4O3/c22-14-7-5-13(6-8-14)19-24-23-18(29-19)11-25(15-9-10-15)12-26-20(27)16-3-1-2-4-17(16)21(26)28/h1-2,5-8,15-17H,3-4,9-12H2/p+1/t16-,17+. The number of aromatic nitrogens is 2. The van der Waals surface area contributed by atoms with Gasteiger partial charge in [0.2, 0.25) is 17.7 Å². The van der Waals surface area contributed by atoms with Crippen molar-refractivity contribution in [3.63, 3.8) is 0 Å². The van der Waals surface area contributed by atoms with Crippen molar-refractivity contribution in [3.05, 3.63) is 47.3 Å². The van der Waals surface area contributed by atoms with Gasteiger partial charge in [-0.15, -0.1) is 10.2 Å². The Morgan fingerprint density at radius 3 is 2.31 bits per heavy atom.